The average Bonchev–Trinajstić information content (AvgIpc) is 2.56. The van der Waals surface area contributed by atoms with Crippen LogP contribution in [0.3, 0.4) is 0 Å². The third kappa shape index (κ3) is 3.08. The van der Waals surface area contributed by atoms with E-state index < -0.39 is 9.84 Å². The fraction of sp³-hybridized carbons (Fsp3) is 0.250. The maximum atomic E-state index is 11.5. The quantitative estimate of drug-likeness (QED) is 0.936. The summed E-state index contributed by atoms with van der Waals surface area (Å²) in [6, 6.07) is 5.01. The van der Waals surface area contributed by atoms with Gasteiger partial charge < -0.3 is 5.73 Å². The molecule has 0 aliphatic rings. The lowest BCUT2D eigenvalue weighted by Crippen LogP contribution is -2.03. The van der Waals surface area contributed by atoms with Gasteiger partial charge in [0.1, 0.15) is 5.82 Å². The largest absolute Gasteiger partial charge is 0.383 e. The molecular weight excluding hydrogens is 321 g/mol. The molecule has 0 saturated heterocycles. The minimum atomic E-state index is -3.22. The van der Waals surface area contributed by atoms with Crippen molar-refractivity contribution in [3.8, 4) is 11.1 Å². The smallest absolute Gasteiger partial charge is 0.153 e. The first-order chi connectivity index (χ1) is 9.19. The van der Waals surface area contributed by atoms with Gasteiger partial charge in [0.15, 0.2) is 9.84 Å². The Bertz CT molecular complexity index is 769. The molecule has 1 heterocycles. The highest BCUT2D eigenvalue weighted by atomic mass is 35.5. The Morgan fingerprint density at radius 2 is 1.95 bits per heavy atom. The number of nitrogens with two attached hydrogens (primary N) is 1. The SMILES string of the molecule is Cn1nc(CS(C)(=O)=O)c(-c2ccc(Cl)c(Cl)c2)c1N. The summed E-state index contributed by atoms with van der Waals surface area (Å²) in [5, 5.41) is 4.95. The van der Waals surface area contributed by atoms with Crippen LogP contribution in [0.1, 0.15) is 5.69 Å². The number of hydrogen-bond donors (Lipinski definition) is 1. The third-order valence-corrected chi connectivity index (χ3v) is 4.31. The van der Waals surface area contributed by atoms with Gasteiger partial charge in [-0.05, 0) is 17.7 Å². The number of rotatable bonds is 3. The topological polar surface area (TPSA) is 78.0 Å². The summed E-state index contributed by atoms with van der Waals surface area (Å²) >= 11 is 11.9. The summed E-state index contributed by atoms with van der Waals surface area (Å²) in [5.41, 5.74) is 7.62. The molecule has 2 rings (SSSR count). The molecule has 0 aliphatic carbocycles. The second kappa shape index (κ2) is 5.27. The molecule has 108 valence electrons. The van der Waals surface area contributed by atoms with E-state index >= 15 is 0 Å². The molecule has 20 heavy (non-hydrogen) atoms. The van der Waals surface area contributed by atoms with E-state index in [9.17, 15) is 8.42 Å². The van der Waals surface area contributed by atoms with E-state index in [1.54, 1.807) is 25.2 Å². The molecule has 1 aromatic heterocycles. The van der Waals surface area contributed by atoms with Crippen molar-refractivity contribution >= 4 is 38.9 Å². The lowest BCUT2D eigenvalue weighted by molar-refractivity contribution is 0.600. The van der Waals surface area contributed by atoms with E-state index in [-0.39, 0.29) is 5.75 Å². The van der Waals surface area contributed by atoms with Gasteiger partial charge in [-0.25, -0.2) is 8.42 Å². The zero-order valence-electron chi connectivity index (χ0n) is 10.9. The van der Waals surface area contributed by atoms with Crippen LogP contribution in [0.2, 0.25) is 10.0 Å². The van der Waals surface area contributed by atoms with Gasteiger partial charge in [0.2, 0.25) is 0 Å². The van der Waals surface area contributed by atoms with Crippen LogP contribution in [-0.4, -0.2) is 24.5 Å². The molecule has 0 amide bonds. The second-order valence-corrected chi connectivity index (χ2v) is 7.48. The maximum Gasteiger partial charge on any atom is 0.153 e. The van der Waals surface area contributed by atoms with Crippen molar-refractivity contribution < 1.29 is 8.42 Å². The van der Waals surface area contributed by atoms with Crippen LogP contribution in [0, 0.1) is 0 Å². The molecule has 2 N–H and O–H groups in total. The molecule has 1 aromatic carbocycles. The number of hydrogen-bond acceptors (Lipinski definition) is 4. The normalized spacial score (nSPS) is 11.8. The number of nitrogen functional groups attached to an aromatic ring is 1. The first kappa shape index (κ1) is 15.2. The fourth-order valence-corrected chi connectivity index (χ4v) is 2.91. The molecule has 0 unspecified atom stereocenters. The van der Waals surface area contributed by atoms with Crippen LogP contribution in [0.15, 0.2) is 18.2 Å². The van der Waals surface area contributed by atoms with Crippen molar-refractivity contribution in [2.75, 3.05) is 12.0 Å². The van der Waals surface area contributed by atoms with E-state index in [0.29, 0.717) is 32.7 Å². The lowest BCUT2D eigenvalue weighted by Gasteiger charge is -2.05. The maximum absolute atomic E-state index is 11.5. The monoisotopic (exact) mass is 333 g/mol. The van der Waals surface area contributed by atoms with Crippen LogP contribution >= 0.6 is 23.2 Å². The van der Waals surface area contributed by atoms with Gasteiger partial charge >= 0.3 is 0 Å². The molecule has 0 atom stereocenters. The Kier molecular flexibility index (Phi) is 4.00. The molecule has 5 nitrogen and oxygen atoms in total. The first-order valence-electron chi connectivity index (χ1n) is 5.63. The summed E-state index contributed by atoms with van der Waals surface area (Å²) < 4.78 is 24.4. The summed E-state index contributed by atoms with van der Waals surface area (Å²) in [6.07, 6.45) is 1.15. The van der Waals surface area contributed by atoms with Crippen LogP contribution in [-0.2, 0) is 22.6 Å². The highest BCUT2D eigenvalue weighted by Gasteiger charge is 2.19. The van der Waals surface area contributed by atoms with Gasteiger partial charge in [0, 0.05) is 18.9 Å². The van der Waals surface area contributed by atoms with Gasteiger partial charge in [-0.1, -0.05) is 29.3 Å². The highest BCUT2D eigenvalue weighted by Crippen LogP contribution is 2.34. The van der Waals surface area contributed by atoms with Crippen molar-refractivity contribution in [1.29, 1.82) is 0 Å². The third-order valence-electron chi connectivity index (χ3n) is 2.77. The van der Waals surface area contributed by atoms with E-state index in [1.165, 1.54) is 4.68 Å². The van der Waals surface area contributed by atoms with Crippen LogP contribution in [0.5, 0.6) is 0 Å². The number of halogens is 2. The zero-order valence-corrected chi connectivity index (χ0v) is 13.2. The second-order valence-electron chi connectivity index (χ2n) is 4.53. The Hall–Kier alpha value is -1.24. The van der Waals surface area contributed by atoms with Crippen molar-refractivity contribution in [3.63, 3.8) is 0 Å². The summed E-state index contributed by atoms with van der Waals surface area (Å²) in [7, 11) is -1.56. The fourth-order valence-electron chi connectivity index (χ4n) is 1.91. The Labute approximate surface area is 127 Å². The lowest BCUT2D eigenvalue weighted by atomic mass is 10.1. The number of aryl methyl sites for hydroxylation is 1. The standard InChI is InChI=1S/C12H13Cl2N3O2S/c1-17-12(15)11(10(16-17)6-20(2,18)19)7-3-4-8(13)9(14)5-7/h3-5H,6,15H2,1-2H3. The van der Waals surface area contributed by atoms with Gasteiger partial charge in [-0.3, -0.25) is 4.68 Å². The van der Waals surface area contributed by atoms with Crippen molar-refractivity contribution in [2.24, 2.45) is 7.05 Å². The number of nitrogens with zero attached hydrogens (tertiary/aromatic N) is 2. The predicted molar refractivity (Wildman–Crippen MR) is 81.6 cm³/mol. The van der Waals surface area contributed by atoms with E-state index in [1.807, 2.05) is 0 Å². The molecule has 2 aromatic rings. The van der Waals surface area contributed by atoms with E-state index in [0.717, 1.165) is 6.26 Å². The first-order valence-corrected chi connectivity index (χ1v) is 8.45. The van der Waals surface area contributed by atoms with Crippen molar-refractivity contribution in [2.45, 2.75) is 5.75 Å². The molecule has 8 heteroatoms. The molecule has 0 bridgehead atoms. The Balaban J connectivity index is 2.63. The van der Waals surface area contributed by atoms with Crippen LogP contribution < -0.4 is 5.73 Å². The molecule has 0 fully saturated rings. The Morgan fingerprint density at radius 3 is 2.50 bits per heavy atom. The summed E-state index contributed by atoms with van der Waals surface area (Å²) in [4.78, 5) is 0. The van der Waals surface area contributed by atoms with E-state index in [2.05, 4.69) is 5.10 Å². The number of aromatic nitrogens is 2. The minimum Gasteiger partial charge on any atom is -0.383 e. The number of sulfone groups is 1. The Morgan fingerprint density at radius 1 is 1.30 bits per heavy atom. The molecule has 0 radical (unpaired) electrons. The van der Waals surface area contributed by atoms with E-state index in [4.69, 9.17) is 28.9 Å². The predicted octanol–water partition coefficient (Wildman–Crippen LogP) is 2.52. The number of benzene rings is 1. The van der Waals surface area contributed by atoms with Gasteiger partial charge in [-0.2, -0.15) is 5.10 Å². The molecule has 0 saturated carbocycles. The van der Waals surface area contributed by atoms with Crippen molar-refractivity contribution in [1.82, 2.24) is 9.78 Å². The van der Waals surface area contributed by atoms with Crippen LogP contribution in [0.25, 0.3) is 11.1 Å². The molecular formula is C12H13Cl2N3O2S. The van der Waals surface area contributed by atoms with Gasteiger partial charge in [0.25, 0.3) is 0 Å². The van der Waals surface area contributed by atoms with Crippen LogP contribution in [0.4, 0.5) is 5.82 Å². The average molecular weight is 334 g/mol. The van der Waals surface area contributed by atoms with Gasteiger partial charge in [0.05, 0.1) is 21.5 Å². The summed E-state index contributed by atoms with van der Waals surface area (Å²) in [6.45, 7) is 0. The number of anilines is 1. The van der Waals surface area contributed by atoms with Crippen molar-refractivity contribution in [3.05, 3.63) is 33.9 Å². The minimum absolute atomic E-state index is 0.187. The molecule has 0 aliphatic heterocycles. The van der Waals surface area contributed by atoms with Gasteiger partial charge in [-0.15, -0.1) is 0 Å². The molecule has 0 spiro atoms. The highest BCUT2D eigenvalue weighted by molar-refractivity contribution is 7.89. The zero-order chi connectivity index (χ0) is 15.1. The summed E-state index contributed by atoms with van der Waals surface area (Å²) in [5.74, 6) is 0.190.